The van der Waals surface area contributed by atoms with Crippen LogP contribution in [-0.4, -0.2) is 11.6 Å². The first kappa shape index (κ1) is 13.3. The zero-order valence-corrected chi connectivity index (χ0v) is 9.61. The van der Waals surface area contributed by atoms with E-state index in [2.05, 4.69) is 18.5 Å². The molecule has 2 nitrogen and oxygen atoms in total. The molecule has 82 valence electrons. The third kappa shape index (κ3) is 5.57. The van der Waals surface area contributed by atoms with Gasteiger partial charge in [-0.2, -0.15) is 0 Å². The van der Waals surface area contributed by atoms with Gasteiger partial charge in [0.15, 0.2) is 0 Å². The largest absolute Gasteiger partial charge is 0.374 e. The highest BCUT2D eigenvalue weighted by molar-refractivity contribution is 5.23. The third-order valence-corrected chi connectivity index (χ3v) is 1.75. The Morgan fingerprint density at radius 3 is 2.47 bits per heavy atom. The van der Waals surface area contributed by atoms with Crippen LogP contribution in [0.25, 0.3) is 0 Å². The monoisotopic (exact) mass is 204 g/mol. The van der Waals surface area contributed by atoms with Crippen molar-refractivity contribution >= 4 is 0 Å². The van der Waals surface area contributed by atoms with Crippen molar-refractivity contribution in [3.8, 4) is 0 Å². The highest BCUT2D eigenvalue weighted by Crippen LogP contribution is 2.06. The van der Waals surface area contributed by atoms with Crippen LogP contribution in [0.3, 0.4) is 0 Å². The lowest BCUT2D eigenvalue weighted by molar-refractivity contribution is 0.459. The molecule has 0 saturated heterocycles. The maximum atomic E-state index is 3.78. The van der Waals surface area contributed by atoms with E-state index in [-0.39, 0.29) is 0 Å². The Bertz CT molecular complexity index is 272. The normalized spacial score (nSPS) is 12.0. The second-order valence-corrected chi connectivity index (χ2v) is 2.84. The van der Waals surface area contributed by atoms with Crippen molar-refractivity contribution in [3.63, 3.8) is 0 Å². The molecular weight excluding hydrogens is 184 g/mol. The van der Waals surface area contributed by atoms with Crippen molar-refractivity contribution in [1.82, 2.24) is 10.2 Å². The predicted molar refractivity (Wildman–Crippen MR) is 67.9 cm³/mol. The molecule has 0 heterocycles. The van der Waals surface area contributed by atoms with Gasteiger partial charge in [0.25, 0.3) is 0 Å². The van der Waals surface area contributed by atoms with Gasteiger partial charge in [0.05, 0.1) is 6.67 Å². The van der Waals surface area contributed by atoms with Gasteiger partial charge in [0.2, 0.25) is 0 Å². The molecule has 0 aromatic carbocycles. The number of hydrogen-bond acceptors (Lipinski definition) is 2. The molecule has 0 amide bonds. The summed E-state index contributed by atoms with van der Waals surface area (Å²) in [7, 11) is 0. The van der Waals surface area contributed by atoms with Gasteiger partial charge in [-0.05, 0) is 38.4 Å². The van der Waals surface area contributed by atoms with E-state index >= 15 is 0 Å². The summed E-state index contributed by atoms with van der Waals surface area (Å²) in [5.74, 6) is 0. The topological polar surface area (TPSA) is 15.3 Å². The van der Waals surface area contributed by atoms with E-state index in [1.165, 1.54) is 0 Å². The lowest BCUT2D eigenvalue weighted by Crippen LogP contribution is -2.25. The molecule has 0 aromatic heterocycles. The molecular formula is C13H20N2. The molecule has 0 aliphatic carbocycles. The molecule has 0 fully saturated rings. The molecule has 0 aromatic rings. The maximum absolute atomic E-state index is 3.78. The zero-order chi connectivity index (χ0) is 11.5. The summed E-state index contributed by atoms with van der Waals surface area (Å²) in [4.78, 5) is 2.00. The van der Waals surface area contributed by atoms with E-state index in [9.17, 15) is 0 Å². The summed E-state index contributed by atoms with van der Waals surface area (Å²) in [6.07, 6.45) is 13.5. The molecule has 1 N–H and O–H groups in total. The van der Waals surface area contributed by atoms with Gasteiger partial charge >= 0.3 is 0 Å². The maximum Gasteiger partial charge on any atom is 0.0914 e. The van der Waals surface area contributed by atoms with Crippen molar-refractivity contribution in [2.75, 3.05) is 6.67 Å². The fourth-order valence-corrected chi connectivity index (χ4v) is 1.04. The average Bonchev–Trinajstić information content (AvgIpc) is 2.26. The number of allylic oxidation sites excluding steroid dienone is 5. The van der Waals surface area contributed by atoms with Crippen molar-refractivity contribution in [3.05, 3.63) is 61.6 Å². The van der Waals surface area contributed by atoms with Crippen LogP contribution in [0.4, 0.5) is 0 Å². The predicted octanol–water partition coefficient (Wildman–Crippen LogP) is 3.16. The SMILES string of the molecule is C=CNCN(C=C)C(/C=C\C)=C/C=C\C. The Morgan fingerprint density at radius 1 is 1.27 bits per heavy atom. The van der Waals surface area contributed by atoms with Gasteiger partial charge in [-0.3, -0.25) is 0 Å². The molecule has 0 aliphatic rings. The smallest absolute Gasteiger partial charge is 0.0914 e. The molecule has 0 aliphatic heterocycles. The van der Waals surface area contributed by atoms with Gasteiger partial charge in [0, 0.05) is 5.70 Å². The second kappa shape index (κ2) is 8.88. The fourth-order valence-electron chi connectivity index (χ4n) is 1.04. The van der Waals surface area contributed by atoms with Crippen LogP contribution in [0.2, 0.25) is 0 Å². The quantitative estimate of drug-likeness (QED) is 0.506. The van der Waals surface area contributed by atoms with Crippen LogP contribution in [-0.2, 0) is 0 Å². The Labute approximate surface area is 93.0 Å². The van der Waals surface area contributed by atoms with Crippen LogP contribution in [0.15, 0.2) is 61.6 Å². The van der Waals surface area contributed by atoms with Gasteiger partial charge in [-0.15, -0.1) is 0 Å². The number of nitrogens with one attached hydrogen (secondary N) is 1. The van der Waals surface area contributed by atoms with Gasteiger partial charge in [0.1, 0.15) is 0 Å². The lowest BCUT2D eigenvalue weighted by atomic mass is 10.3. The van der Waals surface area contributed by atoms with E-state index in [0.717, 1.165) is 5.70 Å². The summed E-state index contributed by atoms with van der Waals surface area (Å²) in [6, 6.07) is 0. The molecule has 0 saturated carbocycles. The van der Waals surface area contributed by atoms with Gasteiger partial charge in [-0.1, -0.05) is 31.4 Å². The minimum atomic E-state index is 0.667. The summed E-state index contributed by atoms with van der Waals surface area (Å²) in [5, 5.41) is 3.03. The second-order valence-electron chi connectivity index (χ2n) is 2.84. The third-order valence-electron chi connectivity index (χ3n) is 1.75. The Hall–Kier alpha value is -1.70. The Morgan fingerprint density at radius 2 is 2.00 bits per heavy atom. The van der Waals surface area contributed by atoms with Crippen LogP contribution in [0.1, 0.15) is 13.8 Å². The van der Waals surface area contributed by atoms with Crippen LogP contribution >= 0.6 is 0 Å². The summed E-state index contributed by atoms with van der Waals surface area (Å²) in [6.45, 7) is 12.0. The van der Waals surface area contributed by atoms with E-state index < -0.39 is 0 Å². The highest BCUT2D eigenvalue weighted by Gasteiger charge is 1.99. The molecule has 15 heavy (non-hydrogen) atoms. The van der Waals surface area contributed by atoms with Crippen molar-refractivity contribution < 1.29 is 0 Å². The van der Waals surface area contributed by atoms with Crippen molar-refractivity contribution in [2.45, 2.75) is 13.8 Å². The van der Waals surface area contributed by atoms with Crippen LogP contribution in [0, 0.1) is 0 Å². The van der Waals surface area contributed by atoms with E-state index in [4.69, 9.17) is 0 Å². The first-order valence-electron chi connectivity index (χ1n) is 4.99. The van der Waals surface area contributed by atoms with E-state index in [0.29, 0.717) is 6.67 Å². The van der Waals surface area contributed by atoms with E-state index in [1.54, 1.807) is 12.4 Å². The Kier molecular flexibility index (Phi) is 7.87. The first-order chi connectivity index (χ1) is 7.29. The molecule has 2 heteroatoms. The minimum Gasteiger partial charge on any atom is -0.374 e. The first-order valence-corrected chi connectivity index (χ1v) is 4.99. The average molecular weight is 204 g/mol. The molecule has 0 radical (unpaired) electrons. The van der Waals surface area contributed by atoms with Crippen molar-refractivity contribution in [1.29, 1.82) is 0 Å². The van der Waals surface area contributed by atoms with Crippen LogP contribution in [0.5, 0.6) is 0 Å². The van der Waals surface area contributed by atoms with Gasteiger partial charge < -0.3 is 10.2 Å². The molecule has 0 rings (SSSR count). The number of nitrogens with zero attached hydrogens (tertiary/aromatic N) is 1. The lowest BCUT2D eigenvalue weighted by Gasteiger charge is -2.20. The number of hydrogen-bond donors (Lipinski definition) is 1. The van der Waals surface area contributed by atoms with E-state index in [1.807, 2.05) is 49.1 Å². The summed E-state index contributed by atoms with van der Waals surface area (Å²) in [5.41, 5.74) is 1.08. The Balaban J connectivity index is 4.68. The van der Waals surface area contributed by atoms with Crippen LogP contribution < -0.4 is 5.32 Å². The molecule has 0 bridgehead atoms. The van der Waals surface area contributed by atoms with Crippen molar-refractivity contribution in [2.24, 2.45) is 0 Å². The fraction of sp³-hybridized carbons (Fsp3) is 0.231. The molecule has 0 unspecified atom stereocenters. The summed E-state index contributed by atoms with van der Waals surface area (Å²) >= 11 is 0. The standard InChI is InChI=1S/C13H20N2/c1-5-9-11-13(10-6-2)15(8-4)12-14-7-3/h5-11,14H,3-4,12H2,1-2H3/b9-5-,10-6-,13-11+. The van der Waals surface area contributed by atoms with Gasteiger partial charge in [-0.25, -0.2) is 0 Å². The molecule has 0 spiro atoms. The summed E-state index contributed by atoms with van der Waals surface area (Å²) < 4.78 is 0. The number of rotatable bonds is 7. The molecule has 0 atom stereocenters. The highest BCUT2D eigenvalue weighted by atomic mass is 15.2. The minimum absolute atomic E-state index is 0.667. The zero-order valence-electron chi connectivity index (χ0n) is 9.61.